The number of benzene rings is 1. The summed E-state index contributed by atoms with van der Waals surface area (Å²) in [4.78, 5) is 22.6. The molecule has 29 heavy (non-hydrogen) atoms. The van der Waals surface area contributed by atoms with Gasteiger partial charge in [-0.25, -0.2) is 14.4 Å². The van der Waals surface area contributed by atoms with Gasteiger partial charge in [0.05, 0.1) is 23.4 Å². The Kier molecular flexibility index (Phi) is 6.14. The average molecular weight is 417 g/mol. The molecular weight excluding hydrogens is 391 g/mol. The van der Waals surface area contributed by atoms with E-state index in [0.29, 0.717) is 21.6 Å². The monoisotopic (exact) mass is 416 g/mol. The largest absolute Gasteiger partial charge is 0.387 e. The molecule has 2 aromatic heterocycles. The molecule has 0 saturated heterocycles. The molecule has 1 aromatic carbocycles. The third kappa shape index (κ3) is 4.89. The van der Waals surface area contributed by atoms with Crippen molar-refractivity contribution >= 4 is 33.3 Å². The summed E-state index contributed by atoms with van der Waals surface area (Å²) >= 11 is 1.45. The fraction of sp³-hybridized carbons (Fsp3) is 0.381. The number of aromatic nitrogens is 2. The highest BCUT2D eigenvalue weighted by Gasteiger charge is 2.27. The second-order valence-electron chi connectivity index (χ2n) is 7.72. The number of anilines is 1. The molecular formula is C21H25FN4O2S. The number of carbonyl (C=O) groups excluding carboxylic acids is 1. The van der Waals surface area contributed by atoms with Gasteiger partial charge in [-0.15, -0.1) is 0 Å². The van der Waals surface area contributed by atoms with E-state index in [1.165, 1.54) is 31.4 Å². The molecule has 0 fully saturated rings. The van der Waals surface area contributed by atoms with Crippen molar-refractivity contribution in [2.24, 2.45) is 0 Å². The summed E-state index contributed by atoms with van der Waals surface area (Å²) in [5.74, 6) is -0.469. The molecule has 0 unspecified atom stereocenters. The van der Waals surface area contributed by atoms with Crippen molar-refractivity contribution in [1.82, 2.24) is 15.3 Å². The van der Waals surface area contributed by atoms with E-state index in [2.05, 4.69) is 15.6 Å². The summed E-state index contributed by atoms with van der Waals surface area (Å²) < 4.78 is 14.0. The first-order chi connectivity index (χ1) is 13.7. The number of amides is 1. The lowest BCUT2D eigenvalue weighted by Gasteiger charge is -2.22. The number of nitrogens with zero attached hydrogens (tertiary/aromatic N) is 2. The van der Waals surface area contributed by atoms with Crippen molar-refractivity contribution in [2.75, 3.05) is 11.9 Å². The molecule has 0 aliphatic carbocycles. The van der Waals surface area contributed by atoms with Crippen LogP contribution in [-0.2, 0) is 0 Å². The first kappa shape index (κ1) is 21.1. The van der Waals surface area contributed by atoms with E-state index in [4.69, 9.17) is 4.98 Å². The highest BCUT2D eigenvalue weighted by Crippen LogP contribution is 2.34. The summed E-state index contributed by atoms with van der Waals surface area (Å²) in [6.45, 7) is 6.36. The molecule has 6 nitrogen and oxygen atoms in total. The zero-order chi connectivity index (χ0) is 21.2. The Morgan fingerprint density at radius 1 is 1.28 bits per heavy atom. The van der Waals surface area contributed by atoms with Gasteiger partial charge < -0.3 is 15.7 Å². The summed E-state index contributed by atoms with van der Waals surface area (Å²) in [6.07, 6.45) is -0.110. The summed E-state index contributed by atoms with van der Waals surface area (Å²) in [5.41, 5.74) is 0.907. The molecule has 3 aromatic rings. The van der Waals surface area contributed by atoms with Crippen LogP contribution in [0.5, 0.6) is 0 Å². The molecule has 1 atom stereocenters. The molecule has 3 N–H and O–H groups in total. The Morgan fingerprint density at radius 2 is 1.97 bits per heavy atom. The number of nitrogens with one attached hydrogen (secondary N) is 2. The fourth-order valence-electron chi connectivity index (χ4n) is 2.72. The van der Waals surface area contributed by atoms with Crippen LogP contribution in [0.25, 0.3) is 20.9 Å². The van der Waals surface area contributed by atoms with E-state index in [9.17, 15) is 14.3 Å². The molecule has 2 heterocycles. The van der Waals surface area contributed by atoms with Gasteiger partial charge in [0.25, 0.3) is 5.91 Å². The normalized spacial score (nSPS) is 12.9. The van der Waals surface area contributed by atoms with E-state index >= 15 is 0 Å². The van der Waals surface area contributed by atoms with Crippen LogP contribution < -0.4 is 10.6 Å². The SMILES string of the molecule is CC(C)Nc1c(C(=O)NC[C@@H](F)C(C)(C)O)cnc2sc(-c3ccccc3)nc12. The maximum Gasteiger partial charge on any atom is 0.255 e. The van der Waals surface area contributed by atoms with Crippen molar-refractivity contribution in [2.45, 2.75) is 45.5 Å². The van der Waals surface area contributed by atoms with Crippen LogP contribution >= 0.6 is 11.3 Å². The predicted molar refractivity (Wildman–Crippen MR) is 115 cm³/mol. The van der Waals surface area contributed by atoms with Crippen molar-refractivity contribution in [1.29, 1.82) is 0 Å². The standard InChI is InChI=1S/C21H25FN4O2S/c1-12(2)25-16-14(18(27)23-11-15(22)21(3,4)28)10-24-20-17(16)26-19(29-20)13-8-6-5-7-9-13/h5-10,12,15,28H,11H2,1-4H3,(H,23,27)(H,24,25)/t15-/m1/s1. The van der Waals surface area contributed by atoms with Gasteiger partial charge in [-0.05, 0) is 27.7 Å². The Bertz CT molecular complexity index is 999. The minimum absolute atomic E-state index is 0.0549. The lowest BCUT2D eigenvalue weighted by Crippen LogP contribution is -2.42. The van der Waals surface area contributed by atoms with Gasteiger partial charge in [-0.2, -0.15) is 0 Å². The molecule has 0 radical (unpaired) electrons. The molecule has 0 aliphatic rings. The Labute approximate surface area is 173 Å². The Morgan fingerprint density at radius 3 is 2.59 bits per heavy atom. The second kappa shape index (κ2) is 8.42. The number of thiazole rings is 1. The first-order valence-electron chi connectivity index (χ1n) is 9.43. The molecule has 154 valence electrons. The number of pyridine rings is 1. The van der Waals surface area contributed by atoms with Gasteiger partial charge in [0, 0.05) is 17.8 Å². The lowest BCUT2D eigenvalue weighted by molar-refractivity contribution is -0.00177. The summed E-state index contributed by atoms with van der Waals surface area (Å²) in [7, 11) is 0. The number of halogens is 1. The molecule has 0 spiro atoms. The first-order valence-corrected chi connectivity index (χ1v) is 10.2. The molecule has 8 heteroatoms. The number of hydrogen-bond acceptors (Lipinski definition) is 6. The van der Waals surface area contributed by atoms with E-state index in [1.807, 2.05) is 44.2 Å². The fourth-order valence-corrected chi connectivity index (χ4v) is 3.64. The highest BCUT2D eigenvalue weighted by atomic mass is 32.1. The quantitative estimate of drug-likeness (QED) is 0.542. The van der Waals surface area contributed by atoms with Crippen LogP contribution in [0.3, 0.4) is 0 Å². The van der Waals surface area contributed by atoms with Crippen molar-refractivity contribution in [3.63, 3.8) is 0 Å². The number of hydrogen-bond donors (Lipinski definition) is 3. The van der Waals surface area contributed by atoms with Crippen molar-refractivity contribution < 1.29 is 14.3 Å². The van der Waals surface area contributed by atoms with Gasteiger partial charge in [0.15, 0.2) is 0 Å². The van der Waals surface area contributed by atoms with Gasteiger partial charge in [-0.1, -0.05) is 41.7 Å². The van der Waals surface area contributed by atoms with Crippen LogP contribution in [-0.4, -0.2) is 45.3 Å². The number of rotatable bonds is 7. The van der Waals surface area contributed by atoms with E-state index in [1.54, 1.807) is 0 Å². The number of aliphatic hydroxyl groups is 1. The van der Waals surface area contributed by atoms with Gasteiger partial charge >= 0.3 is 0 Å². The van der Waals surface area contributed by atoms with Crippen molar-refractivity contribution in [3.05, 3.63) is 42.1 Å². The van der Waals surface area contributed by atoms with Gasteiger partial charge in [0.2, 0.25) is 0 Å². The second-order valence-corrected chi connectivity index (χ2v) is 8.69. The van der Waals surface area contributed by atoms with E-state index < -0.39 is 17.7 Å². The lowest BCUT2D eigenvalue weighted by atomic mass is 10.0. The predicted octanol–water partition coefficient (Wildman–Crippen LogP) is 4.02. The van der Waals surface area contributed by atoms with Crippen LogP contribution in [0.15, 0.2) is 36.5 Å². The zero-order valence-corrected chi connectivity index (χ0v) is 17.7. The minimum atomic E-state index is -1.59. The smallest absolute Gasteiger partial charge is 0.255 e. The topological polar surface area (TPSA) is 87.1 Å². The van der Waals surface area contributed by atoms with E-state index in [-0.39, 0.29) is 12.6 Å². The third-order valence-electron chi connectivity index (χ3n) is 4.33. The average Bonchev–Trinajstić information content (AvgIpc) is 3.10. The molecule has 1 amide bonds. The molecule has 3 rings (SSSR count). The Balaban J connectivity index is 1.97. The number of carbonyl (C=O) groups is 1. The highest BCUT2D eigenvalue weighted by molar-refractivity contribution is 7.21. The van der Waals surface area contributed by atoms with E-state index in [0.717, 1.165) is 10.6 Å². The summed E-state index contributed by atoms with van der Waals surface area (Å²) in [5, 5.41) is 16.4. The summed E-state index contributed by atoms with van der Waals surface area (Å²) in [6, 6.07) is 9.82. The zero-order valence-electron chi connectivity index (χ0n) is 16.9. The molecule has 0 bridgehead atoms. The number of alkyl halides is 1. The van der Waals surface area contributed by atoms with Crippen LogP contribution in [0.1, 0.15) is 38.1 Å². The van der Waals surface area contributed by atoms with Gasteiger partial charge in [-0.3, -0.25) is 4.79 Å². The third-order valence-corrected chi connectivity index (χ3v) is 5.35. The number of fused-ring (bicyclic) bond motifs is 1. The van der Waals surface area contributed by atoms with Crippen LogP contribution in [0, 0.1) is 0 Å². The van der Waals surface area contributed by atoms with Crippen LogP contribution in [0.4, 0.5) is 10.1 Å². The maximum atomic E-state index is 14.0. The van der Waals surface area contributed by atoms with Crippen molar-refractivity contribution in [3.8, 4) is 10.6 Å². The van der Waals surface area contributed by atoms with Gasteiger partial charge in [0.1, 0.15) is 21.5 Å². The Hall–Kier alpha value is -2.58. The van der Waals surface area contributed by atoms with Crippen LogP contribution in [0.2, 0.25) is 0 Å². The molecule has 0 saturated carbocycles. The maximum absolute atomic E-state index is 14.0. The molecule has 0 aliphatic heterocycles. The minimum Gasteiger partial charge on any atom is -0.387 e.